The van der Waals surface area contributed by atoms with Gasteiger partial charge in [0.15, 0.2) is 0 Å². The summed E-state index contributed by atoms with van der Waals surface area (Å²) in [5.41, 5.74) is 58.5. The Balaban J connectivity index is 1.08. The molecule has 0 heteroatoms. The minimum absolute atomic E-state index is 0.352. The van der Waals surface area contributed by atoms with Crippen LogP contribution in [0.1, 0.15) is 396 Å². The normalized spacial score (nSPS) is 18.2. The van der Waals surface area contributed by atoms with Gasteiger partial charge in [0.25, 0.3) is 0 Å². The lowest BCUT2D eigenvalue weighted by atomic mass is 9.54. The van der Waals surface area contributed by atoms with Crippen LogP contribution >= 0.6 is 0 Å². The molecule has 0 aromatic heterocycles. The van der Waals surface area contributed by atoms with E-state index in [4.69, 9.17) is 0 Å². The van der Waals surface area contributed by atoms with Crippen molar-refractivity contribution < 1.29 is 0 Å². The molecule has 0 nitrogen and oxygen atoms in total. The van der Waals surface area contributed by atoms with Crippen LogP contribution in [0.3, 0.4) is 0 Å². The molecular weight excluding hydrogens is 1470 g/mol. The number of hydrogen-bond donors (Lipinski definition) is 0. The van der Waals surface area contributed by atoms with Crippen molar-refractivity contribution in [2.75, 3.05) is 0 Å². The molecule has 0 bridgehead atoms. The molecule has 652 valence electrons. The summed E-state index contributed by atoms with van der Waals surface area (Å²) in [4.78, 5) is 0. The lowest BCUT2D eigenvalue weighted by Crippen LogP contribution is -2.42. The van der Waals surface area contributed by atoms with E-state index in [-0.39, 0.29) is 0 Å². The second kappa shape index (κ2) is 39.8. The van der Waals surface area contributed by atoms with Crippen LogP contribution in [0.2, 0.25) is 0 Å². The molecule has 1 saturated carbocycles. The summed E-state index contributed by atoms with van der Waals surface area (Å²) in [6.07, 6.45) is 13.6. The summed E-state index contributed by atoms with van der Waals surface area (Å²) < 4.78 is 0. The molecule has 0 heterocycles. The Kier molecular flexibility index (Phi) is 31.0. The zero-order valence-corrected chi connectivity index (χ0v) is 83.7. The van der Waals surface area contributed by atoms with Crippen LogP contribution in [0, 0.1) is 203 Å². The van der Waals surface area contributed by atoms with Crippen molar-refractivity contribution in [3.63, 3.8) is 0 Å². The van der Waals surface area contributed by atoms with E-state index in [1.54, 1.807) is 22.3 Å². The third-order valence-electron chi connectivity index (χ3n) is 33.5. The minimum atomic E-state index is 0.352. The average Bonchev–Trinajstić information content (AvgIpc) is 0.765. The first-order valence-electron chi connectivity index (χ1n) is 48.2. The van der Waals surface area contributed by atoms with Gasteiger partial charge in [-0.2, -0.15) is 0 Å². The van der Waals surface area contributed by atoms with Crippen molar-refractivity contribution in [3.8, 4) is 0 Å². The van der Waals surface area contributed by atoms with Crippen LogP contribution in [0.5, 0.6) is 0 Å². The van der Waals surface area contributed by atoms with Gasteiger partial charge in [-0.15, -0.1) is 0 Å². The first kappa shape index (κ1) is 94.9. The highest BCUT2D eigenvalue weighted by atomic mass is 14.5. The first-order chi connectivity index (χ1) is 57.4. The molecule has 0 saturated heterocycles. The van der Waals surface area contributed by atoms with Gasteiger partial charge in [-0.3, -0.25) is 0 Å². The van der Waals surface area contributed by atoms with Gasteiger partial charge in [0.05, 0.1) is 0 Å². The average molecular weight is 1630 g/mol. The Bertz CT molecular complexity index is 5300. The second-order valence-electron chi connectivity index (χ2n) is 42.3. The van der Waals surface area contributed by atoms with Gasteiger partial charge in [-0.25, -0.2) is 0 Å². The van der Waals surface area contributed by atoms with Crippen LogP contribution in [0.25, 0.3) is 0 Å². The van der Waals surface area contributed by atoms with Crippen LogP contribution in [0.4, 0.5) is 0 Å². The van der Waals surface area contributed by atoms with E-state index in [2.05, 4.69) is 364 Å². The fraction of sp³-hybridized carbons (Fsp3) is 0.508. The van der Waals surface area contributed by atoms with Crippen LogP contribution in [-0.4, -0.2) is 0 Å². The smallest absolute Gasteiger partial charge is 0.0150 e. The minimum Gasteiger partial charge on any atom is -0.0584 e. The molecule has 10 aromatic carbocycles. The fourth-order valence-corrected chi connectivity index (χ4v) is 22.6. The van der Waals surface area contributed by atoms with E-state index in [1.165, 1.54) is 245 Å². The highest BCUT2D eigenvalue weighted by molar-refractivity contribution is 5.50. The maximum absolute atomic E-state index is 2.72. The molecule has 0 spiro atoms. The zero-order valence-electron chi connectivity index (χ0n) is 83.7. The highest BCUT2D eigenvalue weighted by Crippen LogP contribution is 2.57. The molecule has 0 amide bonds. The van der Waals surface area contributed by atoms with E-state index in [9.17, 15) is 0 Å². The summed E-state index contributed by atoms with van der Waals surface area (Å²) >= 11 is 0. The van der Waals surface area contributed by atoms with E-state index >= 15 is 0 Å². The quantitative estimate of drug-likeness (QED) is 0.0406. The number of hydrogen-bond acceptors (Lipinski definition) is 0. The number of rotatable bonds is 31. The largest absolute Gasteiger partial charge is 0.0584 e. The van der Waals surface area contributed by atoms with Crippen LogP contribution < -0.4 is 0 Å². The van der Waals surface area contributed by atoms with Crippen molar-refractivity contribution in [2.24, 2.45) is 29.6 Å². The highest BCUT2D eigenvalue weighted by Gasteiger charge is 2.46. The summed E-state index contributed by atoms with van der Waals surface area (Å²) in [6, 6.07) is 51.6. The zero-order chi connectivity index (χ0) is 89.4. The SMILES string of the molecule is Cc1cc(C(C)Cc2cc(C(C)CCC3CC(CC(C)c4cc(C)c(C)c(CC(C)c5cc(C)c(C)c(C)c5)c4)C(CC(C)c4cc(C)c(C)c(CC(C)c5cc(C)c(C)c(C)c5)c4)C(CC(C)c4cc(C)c(C)c(CC(C)c5cc(C)c(C)c(C)c5)c4)C3CC(C)c3cc(C)c(C)c(CC(C)c4cc(C)c(C)c(C)c4)c3)cc(C)c2C)cc(C)c1C. The summed E-state index contributed by atoms with van der Waals surface area (Å²) in [5, 5.41) is 0. The Morgan fingerprint density at radius 3 is 0.557 bits per heavy atom. The Hall–Kier alpha value is -7.80. The van der Waals surface area contributed by atoms with Gasteiger partial charge < -0.3 is 0 Å². The monoisotopic (exact) mass is 1630 g/mol. The molecule has 0 N–H and O–H groups in total. The van der Waals surface area contributed by atoms with Crippen LogP contribution in [-0.2, 0) is 32.1 Å². The third kappa shape index (κ3) is 21.6. The standard InChI is InChI=1S/C122H164/c1-68(109-48-79(12)98(31)114(63-109)53-84(17)104-38-69(2)93(26)70(3)39-104)36-37-103-62-119(58-89(22)110-49-80(13)99(32)115(64-110)54-85(18)105-40-71(4)94(27)72(5)41-105)121(60-91(24)112-51-82(15)101(34)117(66-112)56-87(20)107-44-75(8)96(29)76(9)45-107)122(61-92(25)113-52-83(16)102(35)118(67-113)57-88(21)108-46-77(10)97(30)78(11)47-108)120(103)59-90(23)111-50-81(14)100(33)116(65-111)55-86(19)106-42-73(6)95(28)74(7)43-106/h38-52,63-68,84-92,103,119-122H,36-37,53-62H2,1-35H3. The van der Waals surface area contributed by atoms with Gasteiger partial charge in [-0.1, -0.05) is 191 Å². The number of benzene rings is 10. The molecule has 11 rings (SSSR count). The molecule has 1 aliphatic carbocycles. The molecule has 122 heavy (non-hydrogen) atoms. The molecule has 1 aliphatic rings. The Morgan fingerprint density at radius 2 is 0.344 bits per heavy atom. The summed E-state index contributed by atoms with van der Waals surface area (Å²) in [7, 11) is 0. The van der Waals surface area contributed by atoms with E-state index in [0.717, 1.165) is 32.1 Å². The predicted molar refractivity (Wildman–Crippen MR) is 535 cm³/mol. The second-order valence-corrected chi connectivity index (χ2v) is 42.3. The van der Waals surface area contributed by atoms with Crippen molar-refractivity contribution in [1.82, 2.24) is 0 Å². The molecule has 1 fully saturated rings. The topological polar surface area (TPSA) is 0 Å². The molecule has 0 aliphatic heterocycles. The molecule has 0 radical (unpaired) electrons. The first-order valence-corrected chi connectivity index (χ1v) is 48.2. The summed E-state index contributed by atoms with van der Waals surface area (Å²) in [6.45, 7) is 84.5. The van der Waals surface area contributed by atoms with Crippen molar-refractivity contribution in [2.45, 2.75) is 379 Å². The van der Waals surface area contributed by atoms with E-state index < -0.39 is 0 Å². The molecule has 10 aromatic rings. The van der Waals surface area contributed by atoms with Gasteiger partial charge in [0, 0.05) is 0 Å². The van der Waals surface area contributed by atoms with E-state index in [0.29, 0.717) is 88.8 Å². The van der Waals surface area contributed by atoms with Gasteiger partial charge >= 0.3 is 0 Å². The van der Waals surface area contributed by atoms with Crippen molar-refractivity contribution in [1.29, 1.82) is 0 Å². The lowest BCUT2D eigenvalue weighted by molar-refractivity contribution is 0.00104. The van der Waals surface area contributed by atoms with E-state index in [1.807, 2.05) is 0 Å². The number of aryl methyl sites for hydroxylation is 15. The van der Waals surface area contributed by atoms with Crippen molar-refractivity contribution >= 4 is 0 Å². The maximum Gasteiger partial charge on any atom is -0.0150 e. The molecule has 15 atom stereocenters. The lowest BCUT2D eigenvalue weighted by Gasteiger charge is -2.51. The maximum atomic E-state index is 2.72. The van der Waals surface area contributed by atoms with Gasteiger partial charge in [0.2, 0.25) is 0 Å². The predicted octanol–water partition coefficient (Wildman–Crippen LogP) is 34.3. The Labute approximate surface area is 747 Å². The molecular formula is C122H164. The van der Waals surface area contributed by atoms with Gasteiger partial charge in [0.1, 0.15) is 0 Å². The fourth-order valence-electron chi connectivity index (χ4n) is 22.6. The van der Waals surface area contributed by atoms with Crippen molar-refractivity contribution in [3.05, 3.63) is 344 Å². The third-order valence-corrected chi connectivity index (χ3v) is 33.5. The van der Waals surface area contributed by atoms with Gasteiger partial charge in [-0.05, 0) is 561 Å². The van der Waals surface area contributed by atoms with Crippen LogP contribution in [0.15, 0.2) is 121 Å². The summed E-state index contributed by atoms with van der Waals surface area (Å²) in [5.74, 6) is 6.44. The molecule has 15 unspecified atom stereocenters. The Morgan fingerprint density at radius 1 is 0.180 bits per heavy atom.